The van der Waals surface area contributed by atoms with Gasteiger partial charge in [0.1, 0.15) is 11.6 Å². The molecule has 8 nitrogen and oxygen atoms in total. The minimum atomic E-state index is -3.81. The number of nitrogens with zero attached hydrogens (tertiary/aromatic N) is 2. The third-order valence-corrected chi connectivity index (χ3v) is 6.43. The number of aromatic nitrogens is 2. The number of nitrogens with one attached hydrogen (secondary N) is 1. The molecule has 2 aromatic rings. The number of benzene rings is 1. The Balaban J connectivity index is 2.68. The zero-order chi connectivity index (χ0) is 21.6. The molecule has 0 saturated carbocycles. The van der Waals surface area contributed by atoms with Gasteiger partial charge in [-0.2, -0.15) is 4.31 Å². The Morgan fingerprint density at radius 1 is 1.21 bits per heavy atom. The first-order valence-corrected chi connectivity index (χ1v) is 11.2. The highest BCUT2D eigenvalue weighted by atomic mass is 32.2. The van der Waals surface area contributed by atoms with Crippen molar-refractivity contribution < 1.29 is 18.3 Å². The van der Waals surface area contributed by atoms with Crippen molar-refractivity contribution >= 4 is 10.0 Å². The summed E-state index contributed by atoms with van der Waals surface area (Å²) in [5.74, 6) is 0.724. The van der Waals surface area contributed by atoms with E-state index in [-0.39, 0.29) is 29.4 Å². The van der Waals surface area contributed by atoms with Crippen LogP contribution in [0.5, 0.6) is 5.75 Å². The molecule has 2 N–H and O–H groups in total. The molecule has 0 radical (unpaired) electrons. The van der Waals surface area contributed by atoms with E-state index < -0.39 is 10.0 Å². The number of aliphatic hydroxyl groups is 1. The van der Waals surface area contributed by atoms with Gasteiger partial charge in [0.15, 0.2) is 0 Å². The van der Waals surface area contributed by atoms with Crippen molar-refractivity contribution in [3.8, 4) is 17.1 Å². The number of H-pyrrole nitrogens is 1. The lowest BCUT2D eigenvalue weighted by Gasteiger charge is -2.18. The zero-order valence-corrected chi connectivity index (χ0v) is 18.2. The lowest BCUT2D eigenvalue weighted by atomic mass is 10.1. The molecule has 1 aromatic heterocycles. The molecule has 160 valence electrons. The van der Waals surface area contributed by atoms with Crippen LogP contribution in [-0.2, 0) is 22.9 Å². The molecule has 29 heavy (non-hydrogen) atoms. The van der Waals surface area contributed by atoms with E-state index in [0.29, 0.717) is 42.0 Å². The van der Waals surface area contributed by atoms with Gasteiger partial charge >= 0.3 is 0 Å². The molecular formula is C20H29N3O5S. The molecule has 0 bridgehead atoms. The summed E-state index contributed by atoms with van der Waals surface area (Å²) in [5.41, 5.74) is 1.48. The largest absolute Gasteiger partial charge is 0.493 e. The molecule has 0 atom stereocenters. The van der Waals surface area contributed by atoms with Crippen LogP contribution in [0.3, 0.4) is 0 Å². The van der Waals surface area contributed by atoms with Crippen molar-refractivity contribution in [2.24, 2.45) is 0 Å². The van der Waals surface area contributed by atoms with Crippen LogP contribution in [0.2, 0.25) is 0 Å². The van der Waals surface area contributed by atoms with Gasteiger partial charge in [-0.15, -0.1) is 0 Å². The van der Waals surface area contributed by atoms with Gasteiger partial charge < -0.3 is 14.8 Å². The Hall–Kier alpha value is -2.23. The summed E-state index contributed by atoms with van der Waals surface area (Å²) in [4.78, 5) is 19.9. The van der Waals surface area contributed by atoms with Crippen LogP contribution >= 0.6 is 0 Å². The third kappa shape index (κ3) is 5.04. The first-order valence-electron chi connectivity index (χ1n) is 9.76. The van der Waals surface area contributed by atoms with Crippen LogP contribution in [0.25, 0.3) is 11.4 Å². The molecule has 0 fully saturated rings. The van der Waals surface area contributed by atoms with Gasteiger partial charge in [0.2, 0.25) is 10.0 Å². The maximum atomic E-state index is 12.8. The number of sulfonamides is 1. The van der Waals surface area contributed by atoms with Crippen LogP contribution in [0, 0.1) is 0 Å². The molecule has 0 aliphatic carbocycles. The van der Waals surface area contributed by atoms with E-state index in [1.807, 2.05) is 20.8 Å². The Kier molecular flexibility index (Phi) is 7.95. The van der Waals surface area contributed by atoms with Crippen molar-refractivity contribution in [1.82, 2.24) is 14.3 Å². The number of hydrogen-bond donors (Lipinski definition) is 2. The van der Waals surface area contributed by atoms with E-state index in [2.05, 4.69) is 9.97 Å². The average molecular weight is 424 g/mol. The maximum absolute atomic E-state index is 12.8. The van der Waals surface area contributed by atoms with E-state index in [4.69, 9.17) is 9.84 Å². The maximum Gasteiger partial charge on any atom is 0.254 e. The van der Waals surface area contributed by atoms with Gasteiger partial charge in [-0.05, 0) is 37.5 Å². The van der Waals surface area contributed by atoms with Gasteiger partial charge in [0, 0.05) is 19.2 Å². The molecule has 1 aromatic carbocycles. The summed E-state index contributed by atoms with van der Waals surface area (Å²) in [7, 11) is -2.41. The number of hydrogen-bond acceptors (Lipinski definition) is 6. The van der Waals surface area contributed by atoms with Crippen LogP contribution in [-0.4, -0.2) is 54.6 Å². The van der Waals surface area contributed by atoms with Gasteiger partial charge in [0.05, 0.1) is 29.4 Å². The van der Waals surface area contributed by atoms with Crippen molar-refractivity contribution in [2.75, 3.05) is 26.8 Å². The number of ether oxygens (including phenoxy) is 1. The third-order valence-electron chi connectivity index (χ3n) is 4.58. The highest BCUT2D eigenvalue weighted by Gasteiger charge is 2.23. The Labute approximate surface area is 171 Å². The minimum absolute atomic E-state index is 0.0218. The van der Waals surface area contributed by atoms with E-state index in [1.165, 1.54) is 19.2 Å². The van der Waals surface area contributed by atoms with Crippen molar-refractivity contribution in [3.63, 3.8) is 0 Å². The lowest BCUT2D eigenvalue weighted by Crippen LogP contribution is -2.29. The number of aryl methyl sites for hydroxylation is 1. The molecule has 0 aliphatic heterocycles. The predicted octanol–water partition coefficient (Wildman–Crippen LogP) is 1.96. The topological polar surface area (TPSA) is 113 Å². The van der Waals surface area contributed by atoms with Crippen LogP contribution < -0.4 is 10.3 Å². The molecule has 0 saturated heterocycles. The summed E-state index contributed by atoms with van der Waals surface area (Å²) >= 11 is 0. The van der Waals surface area contributed by atoms with Crippen LogP contribution in [0.1, 0.15) is 38.4 Å². The standard InChI is InChI=1S/C20H29N3O5S/c1-5-12-28-18-9-8-14(29(26,27)23(4)10-11-24)13-16(18)19-21-17(7-3)15(6-2)20(25)22-19/h8-9,13,24H,5-7,10-12H2,1-4H3,(H,21,22,25). The Morgan fingerprint density at radius 2 is 1.93 bits per heavy atom. The molecular weight excluding hydrogens is 394 g/mol. The summed E-state index contributed by atoms with van der Waals surface area (Å²) in [6.07, 6.45) is 1.92. The van der Waals surface area contributed by atoms with Gasteiger partial charge in [-0.3, -0.25) is 4.79 Å². The summed E-state index contributed by atoms with van der Waals surface area (Å²) < 4.78 is 32.5. The quantitative estimate of drug-likeness (QED) is 0.604. The molecule has 0 spiro atoms. The van der Waals surface area contributed by atoms with E-state index >= 15 is 0 Å². The monoisotopic (exact) mass is 423 g/mol. The smallest absolute Gasteiger partial charge is 0.254 e. The molecule has 9 heteroatoms. The first kappa shape index (κ1) is 23.1. The van der Waals surface area contributed by atoms with Gasteiger partial charge in [-0.25, -0.2) is 13.4 Å². The zero-order valence-electron chi connectivity index (χ0n) is 17.4. The summed E-state index contributed by atoms with van der Waals surface area (Å²) in [6, 6.07) is 4.48. The summed E-state index contributed by atoms with van der Waals surface area (Å²) in [5, 5.41) is 9.08. The van der Waals surface area contributed by atoms with E-state index in [9.17, 15) is 13.2 Å². The highest BCUT2D eigenvalue weighted by Crippen LogP contribution is 2.31. The van der Waals surface area contributed by atoms with E-state index in [1.54, 1.807) is 6.07 Å². The van der Waals surface area contributed by atoms with Crippen LogP contribution in [0.4, 0.5) is 0 Å². The molecule has 0 amide bonds. The summed E-state index contributed by atoms with van der Waals surface area (Å²) in [6.45, 7) is 5.92. The number of aliphatic hydroxyl groups excluding tert-OH is 1. The highest BCUT2D eigenvalue weighted by molar-refractivity contribution is 7.89. The Morgan fingerprint density at radius 3 is 2.52 bits per heavy atom. The second-order valence-electron chi connectivity index (χ2n) is 6.60. The SMILES string of the molecule is CCCOc1ccc(S(=O)(=O)N(C)CCO)cc1-c1nc(CC)c(CC)c(=O)[nH]1. The number of likely N-dealkylation sites (N-methyl/N-ethyl adjacent to an activating group) is 1. The fraction of sp³-hybridized carbons (Fsp3) is 0.500. The fourth-order valence-electron chi connectivity index (χ4n) is 2.96. The van der Waals surface area contributed by atoms with E-state index in [0.717, 1.165) is 10.7 Å². The number of aromatic amines is 1. The minimum Gasteiger partial charge on any atom is -0.493 e. The average Bonchev–Trinajstić information content (AvgIpc) is 2.71. The first-order chi connectivity index (χ1) is 13.8. The van der Waals surface area contributed by atoms with Gasteiger partial charge in [0.25, 0.3) is 5.56 Å². The number of rotatable bonds is 10. The fourth-order valence-corrected chi connectivity index (χ4v) is 4.15. The van der Waals surface area contributed by atoms with Crippen molar-refractivity contribution in [1.29, 1.82) is 0 Å². The normalized spacial score (nSPS) is 11.8. The second kappa shape index (κ2) is 10.00. The molecule has 0 unspecified atom stereocenters. The Bertz CT molecular complexity index is 1000. The van der Waals surface area contributed by atoms with Crippen molar-refractivity contribution in [2.45, 2.75) is 44.9 Å². The molecule has 2 rings (SSSR count). The molecule has 1 heterocycles. The van der Waals surface area contributed by atoms with Gasteiger partial charge in [-0.1, -0.05) is 20.8 Å². The predicted molar refractivity (Wildman–Crippen MR) is 112 cm³/mol. The van der Waals surface area contributed by atoms with Crippen LogP contribution in [0.15, 0.2) is 27.9 Å². The molecule has 0 aliphatic rings. The lowest BCUT2D eigenvalue weighted by molar-refractivity contribution is 0.266. The second-order valence-corrected chi connectivity index (χ2v) is 8.65. The van der Waals surface area contributed by atoms with Crippen molar-refractivity contribution in [3.05, 3.63) is 39.8 Å².